The van der Waals surface area contributed by atoms with E-state index in [1.165, 1.54) is 19.1 Å². The van der Waals surface area contributed by atoms with Crippen molar-refractivity contribution in [3.05, 3.63) is 120 Å². The van der Waals surface area contributed by atoms with E-state index in [4.69, 9.17) is 63.6 Å². The summed E-state index contributed by atoms with van der Waals surface area (Å²) >= 11 is 17.5. The van der Waals surface area contributed by atoms with Crippen LogP contribution in [0.15, 0.2) is 72.8 Å². The molecule has 0 aliphatic rings. The summed E-state index contributed by atoms with van der Waals surface area (Å²) < 4.78 is 101. The molecule has 0 saturated heterocycles. The zero-order chi connectivity index (χ0) is 43.7. The molecule has 58 heavy (non-hydrogen) atoms. The first-order valence-corrected chi connectivity index (χ1v) is 17.0. The highest BCUT2D eigenvalue weighted by molar-refractivity contribution is 6.34. The maximum atomic E-state index is 12.8. The smallest absolute Gasteiger partial charge is 0.416 e. The molecule has 1 N–H and O–H groups in total. The molecule has 4 rings (SSSR count). The molecule has 310 valence electrons. The SMILES string of the molecule is CCOC(=O)C(C)OC(=O)c1cc(Oc2ccc(C(F)(F)F)cc2Cl)ccc1[N+](=O)[O-].C[C@H](OC(=O)c1cc(Oc2ccc(C(F)(F)F)cc2Cl)ccc1Cl)C(=O)O. The van der Waals surface area contributed by atoms with Crippen LogP contribution in [-0.2, 0) is 36.2 Å². The first kappa shape index (κ1) is 46.6. The lowest BCUT2D eigenvalue weighted by Gasteiger charge is -2.13. The molecule has 0 aliphatic carbocycles. The number of nitrogens with zero attached hydrogens (tertiary/aromatic N) is 1. The second-order valence-corrected chi connectivity index (χ2v) is 12.5. The lowest BCUT2D eigenvalue weighted by Crippen LogP contribution is -2.26. The fourth-order valence-corrected chi connectivity index (χ4v) is 4.84. The van der Waals surface area contributed by atoms with Crippen LogP contribution in [0.25, 0.3) is 0 Å². The molecule has 4 aromatic rings. The third kappa shape index (κ3) is 12.9. The lowest BCUT2D eigenvalue weighted by atomic mass is 10.1. The minimum Gasteiger partial charge on any atom is -0.479 e. The van der Waals surface area contributed by atoms with Crippen LogP contribution < -0.4 is 9.47 Å². The third-order valence-corrected chi connectivity index (χ3v) is 7.97. The zero-order valence-corrected chi connectivity index (χ0v) is 31.8. The molecule has 0 heterocycles. The number of hydrogen-bond acceptors (Lipinski definition) is 11. The molecule has 4 aromatic carbocycles. The van der Waals surface area contributed by atoms with Gasteiger partial charge in [0, 0.05) is 12.1 Å². The van der Waals surface area contributed by atoms with Crippen molar-refractivity contribution < 1.29 is 79.2 Å². The van der Waals surface area contributed by atoms with Crippen LogP contribution in [0.2, 0.25) is 15.1 Å². The van der Waals surface area contributed by atoms with Gasteiger partial charge in [0.1, 0.15) is 28.6 Å². The average Bonchev–Trinajstić information content (AvgIpc) is 3.13. The number of halogens is 9. The lowest BCUT2D eigenvalue weighted by molar-refractivity contribution is -0.385. The Morgan fingerprint density at radius 2 is 1.14 bits per heavy atom. The van der Waals surface area contributed by atoms with E-state index >= 15 is 0 Å². The molecule has 1 unspecified atom stereocenters. The molecule has 0 fully saturated rings. The van der Waals surface area contributed by atoms with E-state index in [9.17, 15) is 55.6 Å². The average molecular weight is 885 g/mol. The number of nitro groups is 1. The molecule has 0 aliphatic heterocycles. The topological polar surface area (TPSA) is 178 Å². The number of alkyl halides is 6. The molecule has 22 heteroatoms. The van der Waals surface area contributed by atoms with Crippen molar-refractivity contribution in [3.63, 3.8) is 0 Å². The van der Waals surface area contributed by atoms with Gasteiger partial charge < -0.3 is 28.8 Å². The minimum absolute atomic E-state index is 0.0246. The van der Waals surface area contributed by atoms with E-state index in [1.807, 2.05) is 0 Å². The van der Waals surface area contributed by atoms with E-state index in [-0.39, 0.29) is 50.2 Å². The summed E-state index contributed by atoms with van der Waals surface area (Å²) in [6.07, 6.45) is -11.9. The van der Waals surface area contributed by atoms with Gasteiger partial charge in [0.2, 0.25) is 0 Å². The van der Waals surface area contributed by atoms with Gasteiger partial charge in [0.25, 0.3) is 5.69 Å². The van der Waals surface area contributed by atoms with E-state index in [0.29, 0.717) is 12.1 Å². The molecule has 0 radical (unpaired) electrons. The number of ether oxygens (including phenoxy) is 5. The fourth-order valence-electron chi connectivity index (χ4n) is 4.21. The van der Waals surface area contributed by atoms with Crippen LogP contribution in [0.1, 0.15) is 52.6 Å². The molecular weight excluding hydrogens is 859 g/mol. The molecule has 0 saturated carbocycles. The molecule has 0 amide bonds. The largest absolute Gasteiger partial charge is 0.479 e. The second kappa shape index (κ2) is 19.6. The first-order chi connectivity index (χ1) is 26.9. The van der Waals surface area contributed by atoms with Gasteiger partial charge in [-0.2, -0.15) is 26.3 Å². The Kier molecular flexibility index (Phi) is 15.7. The quantitative estimate of drug-likeness (QED) is 0.0469. The third-order valence-electron chi connectivity index (χ3n) is 7.05. The summed E-state index contributed by atoms with van der Waals surface area (Å²) in [4.78, 5) is 57.2. The molecular formula is C36H26Cl3F6NO12. The highest BCUT2D eigenvalue weighted by atomic mass is 35.5. The van der Waals surface area contributed by atoms with E-state index in [1.54, 1.807) is 6.92 Å². The standard InChI is InChI=1S/C19H15ClF3NO7.C17H11Cl2F3O5/c1-3-29-17(25)10(2)30-18(26)13-9-12(5-6-15(13)24(27)28)31-16-7-4-11(8-14(16)20)19(21,22)23;1-8(15(23)24)26-16(25)11-7-10(3-4-12(11)18)27-14-5-2-9(6-13(14)19)17(20,21)22/h4-10H,3H2,1-2H3;2-8H,1H3,(H,23,24)/t;8-/m.0/s1. The van der Waals surface area contributed by atoms with Crippen LogP contribution in [0.4, 0.5) is 32.0 Å². The van der Waals surface area contributed by atoms with Gasteiger partial charge >= 0.3 is 36.2 Å². The van der Waals surface area contributed by atoms with E-state index in [0.717, 1.165) is 55.5 Å². The van der Waals surface area contributed by atoms with Gasteiger partial charge in [-0.3, -0.25) is 10.1 Å². The Morgan fingerprint density at radius 3 is 1.57 bits per heavy atom. The zero-order valence-electron chi connectivity index (χ0n) is 29.6. The predicted octanol–water partition coefficient (Wildman–Crippen LogP) is 10.6. The summed E-state index contributed by atoms with van der Waals surface area (Å²) in [6.45, 7) is 3.98. The molecule has 0 spiro atoms. The maximum absolute atomic E-state index is 12.8. The summed E-state index contributed by atoms with van der Waals surface area (Å²) in [5, 5.41) is 19.3. The minimum atomic E-state index is -4.61. The van der Waals surface area contributed by atoms with Crippen molar-refractivity contribution in [2.45, 2.75) is 45.3 Å². The summed E-state index contributed by atoms with van der Waals surface area (Å²) in [6, 6.07) is 11.7. The van der Waals surface area contributed by atoms with Gasteiger partial charge in [0.15, 0.2) is 12.2 Å². The molecule has 0 bridgehead atoms. The fraction of sp³-hybridized carbons (Fsp3) is 0.222. The van der Waals surface area contributed by atoms with Crippen LogP contribution in [0.5, 0.6) is 23.0 Å². The van der Waals surface area contributed by atoms with Gasteiger partial charge in [-0.05, 0) is 81.4 Å². The van der Waals surface area contributed by atoms with Crippen LogP contribution in [0.3, 0.4) is 0 Å². The van der Waals surface area contributed by atoms with Crippen molar-refractivity contribution in [2.24, 2.45) is 0 Å². The number of rotatable bonds is 12. The monoisotopic (exact) mass is 883 g/mol. The van der Waals surface area contributed by atoms with Crippen molar-refractivity contribution in [2.75, 3.05) is 6.61 Å². The number of nitro benzene ring substituents is 1. The Balaban J connectivity index is 0.000000313. The van der Waals surface area contributed by atoms with Crippen molar-refractivity contribution in [1.82, 2.24) is 0 Å². The van der Waals surface area contributed by atoms with E-state index in [2.05, 4.69) is 0 Å². The number of carboxylic acids is 1. The summed E-state index contributed by atoms with van der Waals surface area (Å²) in [5.74, 6) is -4.74. The highest BCUT2D eigenvalue weighted by Gasteiger charge is 2.33. The number of benzene rings is 4. The highest BCUT2D eigenvalue weighted by Crippen LogP contribution is 2.39. The Bertz CT molecular complexity index is 2200. The summed E-state index contributed by atoms with van der Waals surface area (Å²) in [7, 11) is 0. The number of carbonyl (C=O) groups excluding carboxylic acids is 3. The first-order valence-electron chi connectivity index (χ1n) is 15.9. The Labute approximate surface area is 338 Å². The maximum Gasteiger partial charge on any atom is 0.416 e. The predicted molar refractivity (Wildman–Crippen MR) is 192 cm³/mol. The molecule has 2 atom stereocenters. The van der Waals surface area contributed by atoms with Gasteiger partial charge in [-0.15, -0.1) is 0 Å². The molecule has 0 aromatic heterocycles. The Morgan fingerprint density at radius 1 is 0.690 bits per heavy atom. The van der Waals surface area contributed by atoms with Crippen molar-refractivity contribution in [1.29, 1.82) is 0 Å². The normalized spacial score (nSPS) is 12.2. The number of aliphatic carboxylic acids is 1. The van der Waals surface area contributed by atoms with Gasteiger partial charge in [-0.1, -0.05) is 34.8 Å². The van der Waals surface area contributed by atoms with Crippen LogP contribution >= 0.6 is 34.8 Å². The summed E-state index contributed by atoms with van der Waals surface area (Å²) in [5.41, 5.74) is -3.28. The Hall–Kier alpha value is -5.79. The van der Waals surface area contributed by atoms with E-state index < -0.39 is 75.7 Å². The molecule has 13 nitrogen and oxygen atoms in total. The van der Waals surface area contributed by atoms with Crippen LogP contribution in [0, 0.1) is 10.1 Å². The second-order valence-electron chi connectivity index (χ2n) is 11.3. The van der Waals surface area contributed by atoms with Gasteiger partial charge in [-0.25, -0.2) is 19.2 Å². The number of hydrogen-bond donors (Lipinski definition) is 1. The number of carbonyl (C=O) groups is 4. The van der Waals surface area contributed by atoms with Crippen molar-refractivity contribution >= 4 is 64.4 Å². The van der Waals surface area contributed by atoms with Crippen molar-refractivity contribution in [3.8, 4) is 23.0 Å². The number of esters is 3. The van der Waals surface area contributed by atoms with Gasteiger partial charge in [0.05, 0.1) is 43.3 Å². The van der Waals surface area contributed by atoms with Crippen LogP contribution in [-0.4, -0.2) is 52.7 Å². The number of carboxylic acid groups (broad SMARTS) is 1.